The minimum atomic E-state index is 0. The van der Waals surface area contributed by atoms with Crippen molar-refractivity contribution in [2.75, 3.05) is 19.8 Å². The van der Waals surface area contributed by atoms with Crippen LogP contribution < -0.4 is 0 Å². The highest BCUT2D eigenvalue weighted by molar-refractivity contribution is 6.92. The topological polar surface area (TPSA) is 60.7 Å². The summed E-state index contributed by atoms with van der Waals surface area (Å²) in [5.74, 6) is 0. The predicted octanol–water partition coefficient (Wildman–Crippen LogP) is 2.39. The van der Waals surface area contributed by atoms with Crippen LogP contribution in [0.15, 0.2) is 0 Å². The third-order valence-corrected chi connectivity index (χ3v) is 1.54. The summed E-state index contributed by atoms with van der Waals surface area (Å²) in [4.78, 5) is 0. The number of aliphatic hydroxyl groups excluding tert-OH is 3. The molecule has 0 aromatic rings. The molecule has 0 spiro atoms. The van der Waals surface area contributed by atoms with Gasteiger partial charge in [0.15, 0.2) is 0 Å². The zero-order chi connectivity index (χ0) is 12.4. The molecule has 0 bridgehead atoms. The van der Waals surface area contributed by atoms with E-state index in [-0.39, 0.29) is 9.90 Å². The Hall–Kier alpha value is 0.310. The van der Waals surface area contributed by atoms with Crippen LogP contribution >= 0.6 is 9.90 Å². The van der Waals surface area contributed by atoms with Crippen molar-refractivity contribution in [2.45, 2.75) is 59.3 Å². The highest BCUT2D eigenvalue weighted by Crippen LogP contribution is 1.79. The van der Waals surface area contributed by atoms with Gasteiger partial charge in [0.25, 0.3) is 0 Å². The molecule has 0 aliphatic carbocycles. The molecule has 0 saturated carbocycles. The molecular weight excluding hydrogens is 223 g/mol. The molecule has 0 radical (unpaired) electrons. The summed E-state index contributed by atoms with van der Waals surface area (Å²) in [6.45, 7) is 7.19. The fourth-order valence-electron chi connectivity index (χ4n) is 0.474. The standard InChI is InChI=1S/3C4H10O.H3P/c3*1-2-3-4-5;/h3*5H,2-4H2,1H3;1H3. The van der Waals surface area contributed by atoms with Crippen LogP contribution in [0.3, 0.4) is 0 Å². The maximum atomic E-state index is 8.07. The number of rotatable bonds is 6. The Morgan fingerprint density at radius 3 is 0.750 bits per heavy atom. The SMILES string of the molecule is CCCCO.CCCCO.CCCCO.P. The van der Waals surface area contributed by atoms with Gasteiger partial charge < -0.3 is 15.3 Å². The van der Waals surface area contributed by atoms with Gasteiger partial charge in [-0.3, -0.25) is 0 Å². The molecule has 0 aliphatic rings. The molecule has 104 valence electrons. The lowest BCUT2D eigenvalue weighted by Crippen LogP contribution is -1.75. The van der Waals surface area contributed by atoms with Gasteiger partial charge in [0.05, 0.1) is 0 Å². The van der Waals surface area contributed by atoms with E-state index in [1.807, 2.05) is 0 Å². The van der Waals surface area contributed by atoms with Crippen LogP contribution in [0.2, 0.25) is 0 Å². The molecule has 0 fully saturated rings. The van der Waals surface area contributed by atoms with Crippen LogP contribution in [0, 0.1) is 0 Å². The highest BCUT2D eigenvalue weighted by atomic mass is 31.0. The Labute approximate surface area is 105 Å². The summed E-state index contributed by atoms with van der Waals surface area (Å²) in [6.07, 6.45) is 6.11. The largest absolute Gasteiger partial charge is 0.396 e. The first-order valence-corrected chi connectivity index (χ1v) is 6.07. The summed E-state index contributed by atoms with van der Waals surface area (Å²) < 4.78 is 0. The smallest absolute Gasteiger partial charge is 0.0430 e. The van der Waals surface area contributed by atoms with Gasteiger partial charge in [-0.15, -0.1) is 0 Å². The van der Waals surface area contributed by atoms with Crippen molar-refractivity contribution >= 4 is 9.90 Å². The first-order chi connectivity index (χ1) is 7.24. The lowest BCUT2D eigenvalue weighted by atomic mass is 10.4. The molecule has 4 heteroatoms. The maximum Gasteiger partial charge on any atom is 0.0430 e. The van der Waals surface area contributed by atoms with E-state index in [0.29, 0.717) is 19.8 Å². The molecule has 0 saturated heterocycles. The van der Waals surface area contributed by atoms with Gasteiger partial charge in [-0.2, -0.15) is 9.90 Å². The monoisotopic (exact) mass is 256 g/mol. The Balaban J connectivity index is -0.0000000655. The quantitative estimate of drug-likeness (QED) is 0.639. The second-order valence-electron chi connectivity index (χ2n) is 3.23. The van der Waals surface area contributed by atoms with Gasteiger partial charge in [-0.1, -0.05) is 40.0 Å². The van der Waals surface area contributed by atoms with Gasteiger partial charge in [0.1, 0.15) is 0 Å². The second-order valence-corrected chi connectivity index (χ2v) is 3.23. The minimum Gasteiger partial charge on any atom is -0.396 e. The van der Waals surface area contributed by atoms with Gasteiger partial charge in [-0.25, -0.2) is 0 Å². The molecule has 0 amide bonds. The zero-order valence-corrected chi connectivity index (χ0v) is 12.8. The van der Waals surface area contributed by atoms with E-state index in [2.05, 4.69) is 20.8 Å². The lowest BCUT2D eigenvalue weighted by molar-refractivity contribution is 0.286. The van der Waals surface area contributed by atoms with Crippen molar-refractivity contribution < 1.29 is 15.3 Å². The summed E-state index contributed by atoms with van der Waals surface area (Å²) >= 11 is 0. The van der Waals surface area contributed by atoms with E-state index in [4.69, 9.17) is 15.3 Å². The van der Waals surface area contributed by atoms with Crippen molar-refractivity contribution in [3.8, 4) is 0 Å². The van der Waals surface area contributed by atoms with Crippen LogP contribution in [-0.2, 0) is 0 Å². The number of hydrogen-bond donors (Lipinski definition) is 3. The van der Waals surface area contributed by atoms with Gasteiger partial charge in [0, 0.05) is 19.8 Å². The molecule has 0 aliphatic heterocycles. The Morgan fingerprint density at radius 1 is 0.562 bits per heavy atom. The average molecular weight is 256 g/mol. The minimum absolute atomic E-state index is 0. The Bertz CT molecular complexity index is 53.0. The summed E-state index contributed by atoms with van der Waals surface area (Å²) in [5.41, 5.74) is 0. The fourth-order valence-corrected chi connectivity index (χ4v) is 0.474. The van der Waals surface area contributed by atoms with E-state index < -0.39 is 0 Å². The van der Waals surface area contributed by atoms with E-state index in [1.54, 1.807) is 0 Å². The van der Waals surface area contributed by atoms with E-state index >= 15 is 0 Å². The summed E-state index contributed by atoms with van der Waals surface area (Å²) in [5, 5.41) is 24.2. The van der Waals surface area contributed by atoms with Gasteiger partial charge in [-0.05, 0) is 19.3 Å². The van der Waals surface area contributed by atoms with Crippen LogP contribution in [0.1, 0.15) is 59.3 Å². The first-order valence-electron chi connectivity index (χ1n) is 6.07. The van der Waals surface area contributed by atoms with Crippen molar-refractivity contribution in [1.29, 1.82) is 0 Å². The van der Waals surface area contributed by atoms with E-state index in [9.17, 15) is 0 Å². The first kappa shape index (κ1) is 25.2. The normalized spacial score (nSPS) is 7.88. The molecule has 3 nitrogen and oxygen atoms in total. The second kappa shape index (κ2) is 36.2. The molecule has 1 unspecified atom stereocenters. The predicted molar refractivity (Wildman–Crippen MR) is 77.1 cm³/mol. The molecule has 3 N–H and O–H groups in total. The lowest BCUT2D eigenvalue weighted by Gasteiger charge is -1.79. The van der Waals surface area contributed by atoms with Crippen molar-refractivity contribution in [2.24, 2.45) is 0 Å². The zero-order valence-electron chi connectivity index (χ0n) is 11.4. The van der Waals surface area contributed by atoms with Crippen molar-refractivity contribution in [3.63, 3.8) is 0 Å². The fraction of sp³-hybridized carbons (Fsp3) is 1.00. The van der Waals surface area contributed by atoms with Crippen LogP contribution in [0.5, 0.6) is 0 Å². The Kier molecular flexibility index (Phi) is 57.0. The van der Waals surface area contributed by atoms with Crippen LogP contribution in [-0.4, -0.2) is 35.1 Å². The van der Waals surface area contributed by atoms with E-state index in [1.165, 1.54) is 0 Å². The van der Waals surface area contributed by atoms with Crippen LogP contribution in [0.25, 0.3) is 0 Å². The summed E-state index contributed by atoms with van der Waals surface area (Å²) in [6, 6.07) is 0. The molecule has 1 atom stereocenters. The van der Waals surface area contributed by atoms with E-state index in [0.717, 1.165) is 38.5 Å². The van der Waals surface area contributed by atoms with Gasteiger partial charge >= 0.3 is 0 Å². The molecule has 16 heavy (non-hydrogen) atoms. The molecular formula is C12H33O3P. The number of unbranched alkanes of at least 4 members (excludes halogenated alkanes) is 3. The van der Waals surface area contributed by atoms with Crippen molar-refractivity contribution in [3.05, 3.63) is 0 Å². The molecule has 0 aromatic heterocycles. The summed E-state index contributed by atoms with van der Waals surface area (Å²) in [7, 11) is 0. The number of hydrogen-bond acceptors (Lipinski definition) is 3. The Morgan fingerprint density at radius 2 is 0.750 bits per heavy atom. The van der Waals surface area contributed by atoms with Gasteiger partial charge in [0.2, 0.25) is 0 Å². The third kappa shape index (κ3) is 63.7. The van der Waals surface area contributed by atoms with Crippen LogP contribution in [0.4, 0.5) is 0 Å². The molecule has 0 aromatic carbocycles. The average Bonchev–Trinajstić information content (AvgIpc) is 2.23. The highest BCUT2D eigenvalue weighted by Gasteiger charge is 1.70. The van der Waals surface area contributed by atoms with Crippen molar-refractivity contribution in [1.82, 2.24) is 0 Å². The number of aliphatic hydroxyl groups is 3. The molecule has 0 heterocycles. The third-order valence-electron chi connectivity index (χ3n) is 1.54. The maximum absolute atomic E-state index is 8.07. The molecule has 0 rings (SSSR count).